The quantitative estimate of drug-likeness (QED) is 0.755. The van der Waals surface area contributed by atoms with Crippen LogP contribution in [0.5, 0.6) is 5.75 Å². The Bertz CT molecular complexity index is 716. The third-order valence-corrected chi connectivity index (χ3v) is 4.83. The van der Waals surface area contributed by atoms with Crippen LogP contribution in [0.15, 0.2) is 23.3 Å². The minimum absolute atomic E-state index is 0.0953. The summed E-state index contributed by atoms with van der Waals surface area (Å²) in [7, 11) is 0. The van der Waals surface area contributed by atoms with Gasteiger partial charge in [-0.2, -0.15) is 0 Å². The molecule has 6 heteroatoms. The molecule has 0 radical (unpaired) electrons. The van der Waals surface area contributed by atoms with E-state index in [1.54, 1.807) is 0 Å². The van der Waals surface area contributed by atoms with Gasteiger partial charge in [-0.1, -0.05) is 18.5 Å². The molecule has 4 nitrogen and oxygen atoms in total. The molecule has 1 aliphatic heterocycles. The lowest BCUT2D eigenvalue weighted by molar-refractivity contribution is -0.120. The van der Waals surface area contributed by atoms with Gasteiger partial charge in [-0.25, -0.2) is 9.29 Å². The molecule has 128 valence electrons. The van der Waals surface area contributed by atoms with Gasteiger partial charge in [-0.3, -0.25) is 9.59 Å². The minimum atomic E-state index is -0.710. The van der Waals surface area contributed by atoms with Gasteiger partial charge in [-0.15, -0.1) is 0 Å². The molecule has 0 saturated carbocycles. The summed E-state index contributed by atoms with van der Waals surface area (Å²) in [5, 5.41) is 0.119. The maximum absolute atomic E-state index is 14.4. The van der Waals surface area contributed by atoms with Crippen LogP contribution in [0.25, 0.3) is 0 Å². The molecule has 0 aromatic heterocycles. The van der Waals surface area contributed by atoms with Crippen molar-refractivity contribution >= 4 is 29.1 Å². The van der Waals surface area contributed by atoms with Crippen molar-refractivity contribution in [2.45, 2.75) is 52.1 Å². The highest BCUT2D eigenvalue weighted by Gasteiger charge is 2.41. The molecule has 1 aromatic carbocycles. The van der Waals surface area contributed by atoms with Crippen molar-refractivity contribution in [2.24, 2.45) is 0 Å². The first-order chi connectivity index (χ1) is 11.4. The van der Waals surface area contributed by atoms with Gasteiger partial charge in [0, 0.05) is 17.2 Å². The molecule has 2 aliphatic rings. The summed E-state index contributed by atoms with van der Waals surface area (Å²) in [5.41, 5.74) is 0.942. The average molecular weight is 352 g/mol. The number of hydrogen-bond donors (Lipinski definition) is 0. The normalized spacial score (nSPS) is 18.9. The molecule has 1 atom stereocenters. The Labute approximate surface area is 145 Å². The zero-order chi connectivity index (χ0) is 17.4. The first-order valence-electron chi connectivity index (χ1n) is 8.20. The standard InChI is InChI=1S/C18H19ClFNO3/c1-3-10(2)24-16-9-15(14(20)8-13(16)19)21-17(22)11-6-4-5-7-12(11)18(21)23/h8-10H,3-7H2,1-2H3. The highest BCUT2D eigenvalue weighted by molar-refractivity contribution is 6.34. The van der Waals surface area contributed by atoms with Crippen LogP contribution in [0, 0.1) is 5.82 Å². The molecule has 0 saturated heterocycles. The molecule has 1 unspecified atom stereocenters. The molecule has 1 aromatic rings. The van der Waals surface area contributed by atoms with Gasteiger partial charge in [0.05, 0.1) is 16.8 Å². The smallest absolute Gasteiger partial charge is 0.261 e. The summed E-state index contributed by atoms with van der Waals surface area (Å²) < 4.78 is 20.1. The number of amides is 2. The fourth-order valence-electron chi connectivity index (χ4n) is 3.04. The topological polar surface area (TPSA) is 46.6 Å². The fraction of sp³-hybridized carbons (Fsp3) is 0.444. The molecule has 0 N–H and O–H groups in total. The average Bonchev–Trinajstić information content (AvgIpc) is 2.82. The number of nitrogens with zero attached hydrogens (tertiary/aromatic N) is 1. The van der Waals surface area contributed by atoms with Crippen molar-refractivity contribution in [3.63, 3.8) is 0 Å². The van der Waals surface area contributed by atoms with Crippen LogP contribution in [0.4, 0.5) is 10.1 Å². The third kappa shape index (κ3) is 2.81. The highest BCUT2D eigenvalue weighted by atomic mass is 35.5. The van der Waals surface area contributed by atoms with E-state index in [-0.39, 0.29) is 22.6 Å². The summed E-state index contributed by atoms with van der Waals surface area (Å²) in [5.74, 6) is -1.29. The molecule has 2 amide bonds. The van der Waals surface area contributed by atoms with Gasteiger partial charge in [0.2, 0.25) is 0 Å². The molecular weight excluding hydrogens is 333 g/mol. The SMILES string of the molecule is CCC(C)Oc1cc(N2C(=O)C3=C(CCCC3)C2=O)c(F)cc1Cl. The van der Waals surface area contributed by atoms with Gasteiger partial charge >= 0.3 is 0 Å². The Morgan fingerprint density at radius 2 is 1.79 bits per heavy atom. The predicted octanol–water partition coefficient (Wildman–Crippen LogP) is 4.40. The van der Waals surface area contributed by atoms with Crippen LogP contribution in [-0.4, -0.2) is 17.9 Å². The van der Waals surface area contributed by atoms with Gasteiger partial charge < -0.3 is 4.74 Å². The summed E-state index contributed by atoms with van der Waals surface area (Å²) in [6.45, 7) is 3.82. The fourth-order valence-corrected chi connectivity index (χ4v) is 3.23. The van der Waals surface area contributed by atoms with E-state index in [1.165, 1.54) is 6.07 Å². The molecule has 0 fully saturated rings. The maximum Gasteiger partial charge on any atom is 0.261 e. The summed E-state index contributed by atoms with van der Waals surface area (Å²) >= 11 is 6.04. The number of hydrogen-bond acceptors (Lipinski definition) is 3. The lowest BCUT2D eigenvalue weighted by atomic mass is 9.93. The van der Waals surface area contributed by atoms with E-state index >= 15 is 0 Å². The van der Waals surface area contributed by atoms with Crippen molar-refractivity contribution in [3.05, 3.63) is 34.1 Å². The second kappa shape index (κ2) is 6.55. The largest absolute Gasteiger partial charge is 0.489 e. The number of anilines is 1. The van der Waals surface area contributed by atoms with Crippen molar-refractivity contribution < 1.29 is 18.7 Å². The molecule has 1 heterocycles. The number of ether oxygens (including phenoxy) is 1. The zero-order valence-corrected chi connectivity index (χ0v) is 14.5. The van der Waals surface area contributed by atoms with E-state index in [4.69, 9.17) is 16.3 Å². The molecule has 1 aliphatic carbocycles. The molecule has 24 heavy (non-hydrogen) atoms. The number of imide groups is 1. The van der Waals surface area contributed by atoms with Crippen molar-refractivity contribution in [3.8, 4) is 5.75 Å². The van der Waals surface area contributed by atoms with Gasteiger partial charge in [0.15, 0.2) is 0 Å². The number of halogens is 2. The Morgan fingerprint density at radius 1 is 1.21 bits per heavy atom. The van der Waals surface area contributed by atoms with Crippen molar-refractivity contribution in [1.82, 2.24) is 0 Å². The first kappa shape index (κ1) is 17.0. The lowest BCUT2D eigenvalue weighted by Gasteiger charge is -2.19. The van der Waals surface area contributed by atoms with Crippen LogP contribution >= 0.6 is 11.6 Å². The second-order valence-corrected chi connectivity index (χ2v) is 6.59. The Kier molecular flexibility index (Phi) is 4.63. The monoisotopic (exact) mass is 351 g/mol. The Hall–Kier alpha value is -1.88. The summed E-state index contributed by atoms with van der Waals surface area (Å²) in [4.78, 5) is 26.1. The number of benzene rings is 1. The van der Waals surface area contributed by atoms with Gasteiger partial charge in [0.1, 0.15) is 11.6 Å². The zero-order valence-electron chi connectivity index (χ0n) is 13.7. The van der Waals surface area contributed by atoms with E-state index in [9.17, 15) is 14.0 Å². The first-order valence-corrected chi connectivity index (χ1v) is 8.58. The summed E-state index contributed by atoms with van der Waals surface area (Å²) in [6.07, 6.45) is 3.52. The highest BCUT2D eigenvalue weighted by Crippen LogP contribution is 2.39. The number of rotatable bonds is 4. The van der Waals surface area contributed by atoms with Crippen LogP contribution in [-0.2, 0) is 9.59 Å². The molecular formula is C18H19ClFNO3. The number of carbonyl (C=O) groups is 2. The second-order valence-electron chi connectivity index (χ2n) is 6.18. The Balaban J connectivity index is 1.99. The molecule has 0 spiro atoms. The Morgan fingerprint density at radius 3 is 2.33 bits per heavy atom. The van der Waals surface area contributed by atoms with Crippen LogP contribution in [0.2, 0.25) is 5.02 Å². The van der Waals surface area contributed by atoms with E-state index in [0.717, 1.165) is 30.2 Å². The van der Waals surface area contributed by atoms with Gasteiger partial charge in [-0.05, 0) is 45.1 Å². The van der Waals surface area contributed by atoms with Crippen molar-refractivity contribution in [2.75, 3.05) is 4.90 Å². The van der Waals surface area contributed by atoms with E-state index in [0.29, 0.717) is 24.0 Å². The predicted molar refractivity (Wildman–Crippen MR) is 89.8 cm³/mol. The summed E-state index contributed by atoms with van der Waals surface area (Å²) in [6, 6.07) is 2.44. The van der Waals surface area contributed by atoms with Crippen LogP contribution in [0.1, 0.15) is 46.0 Å². The number of carbonyl (C=O) groups excluding carboxylic acids is 2. The van der Waals surface area contributed by atoms with E-state index < -0.39 is 17.6 Å². The molecule has 0 bridgehead atoms. The van der Waals surface area contributed by atoms with Crippen LogP contribution < -0.4 is 9.64 Å². The van der Waals surface area contributed by atoms with Crippen molar-refractivity contribution in [1.29, 1.82) is 0 Å². The van der Waals surface area contributed by atoms with E-state index in [2.05, 4.69) is 0 Å². The maximum atomic E-state index is 14.4. The van der Waals surface area contributed by atoms with E-state index in [1.807, 2.05) is 13.8 Å². The van der Waals surface area contributed by atoms with Gasteiger partial charge in [0.25, 0.3) is 11.8 Å². The molecule has 3 rings (SSSR count). The third-order valence-electron chi connectivity index (χ3n) is 4.54. The van der Waals surface area contributed by atoms with Crippen LogP contribution in [0.3, 0.4) is 0 Å². The lowest BCUT2D eigenvalue weighted by Crippen LogP contribution is -2.32. The minimum Gasteiger partial charge on any atom is -0.489 e.